The third-order valence-electron chi connectivity index (χ3n) is 3.16. The highest BCUT2D eigenvalue weighted by atomic mass is 32.2. The summed E-state index contributed by atoms with van der Waals surface area (Å²) in [6, 6.07) is 6.75. The fourth-order valence-corrected chi connectivity index (χ4v) is 3.32. The van der Waals surface area contributed by atoms with E-state index in [1.165, 1.54) is 48.3 Å². The maximum Gasteiger partial charge on any atom is 0.254 e. The monoisotopic (exact) mass is 305 g/mol. The van der Waals surface area contributed by atoms with Gasteiger partial charge in [0, 0.05) is 30.1 Å². The molecular weight excluding hydrogens is 293 g/mol. The lowest BCUT2D eigenvalue weighted by atomic mass is 10.2. The number of nitrogens with one attached hydrogen (secondary N) is 1. The van der Waals surface area contributed by atoms with Crippen molar-refractivity contribution in [3.05, 3.63) is 52.7 Å². The van der Waals surface area contributed by atoms with E-state index in [0.717, 1.165) is 0 Å². The van der Waals surface area contributed by atoms with E-state index in [1.54, 1.807) is 4.57 Å². The van der Waals surface area contributed by atoms with Gasteiger partial charge in [-0.05, 0) is 24.3 Å². The first-order valence-electron chi connectivity index (χ1n) is 6.39. The first kappa shape index (κ1) is 13.8. The molecule has 1 unspecified atom stereocenters. The molecule has 2 aromatic rings. The van der Waals surface area contributed by atoms with Crippen LogP contribution in [0.25, 0.3) is 0 Å². The van der Waals surface area contributed by atoms with E-state index in [-0.39, 0.29) is 29.7 Å². The summed E-state index contributed by atoms with van der Waals surface area (Å²) < 4.78 is 14.4. The quantitative estimate of drug-likeness (QED) is 0.882. The molecule has 0 saturated heterocycles. The van der Waals surface area contributed by atoms with Crippen molar-refractivity contribution in [3.63, 3.8) is 0 Å². The molecule has 0 radical (unpaired) electrons. The Labute approximate surface area is 124 Å². The molecule has 1 aliphatic heterocycles. The molecular formula is C14H12FN3O2S. The molecule has 21 heavy (non-hydrogen) atoms. The standard InChI is InChI=1S/C14H12FN3O2S/c15-9-1-3-10(4-2-9)17-12(19)7-11-8-21-14-16-6-5-13(20)18(11)14/h1-6,11H,7-8H2,(H,17,19). The van der Waals surface area contributed by atoms with Gasteiger partial charge in [0.1, 0.15) is 5.82 Å². The lowest BCUT2D eigenvalue weighted by Gasteiger charge is -2.12. The van der Waals surface area contributed by atoms with Crippen molar-refractivity contribution in [3.8, 4) is 0 Å². The van der Waals surface area contributed by atoms with Gasteiger partial charge in [0.2, 0.25) is 5.91 Å². The Morgan fingerprint density at radius 2 is 2.14 bits per heavy atom. The van der Waals surface area contributed by atoms with Crippen molar-refractivity contribution in [2.75, 3.05) is 11.1 Å². The number of carbonyl (C=O) groups excluding carboxylic acids is 1. The lowest BCUT2D eigenvalue weighted by Crippen LogP contribution is -2.26. The molecule has 1 aromatic carbocycles. The number of benzene rings is 1. The van der Waals surface area contributed by atoms with Crippen molar-refractivity contribution in [2.45, 2.75) is 17.6 Å². The number of amides is 1. The Kier molecular flexibility index (Phi) is 3.74. The second-order valence-electron chi connectivity index (χ2n) is 4.66. The summed E-state index contributed by atoms with van der Waals surface area (Å²) in [5.41, 5.74) is 0.385. The normalized spacial score (nSPS) is 16.5. The van der Waals surface area contributed by atoms with Crippen molar-refractivity contribution in [2.24, 2.45) is 0 Å². The van der Waals surface area contributed by atoms with E-state index in [0.29, 0.717) is 16.6 Å². The lowest BCUT2D eigenvalue weighted by molar-refractivity contribution is -0.116. The van der Waals surface area contributed by atoms with Gasteiger partial charge in [0.05, 0.1) is 6.04 Å². The number of aromatic nitrogens is 2. The number of anilines is 1. The Morgan fingerprint density at radius 3 is 2.90 bits per heavy atom. The molecule has 0 spiro atoms. The van der Waals surface area contributed by atoms with E-state index in [9.17, 15) is 14.0 Å². The fourth-order valence-electron chi connectivity index (χ4n) is 2.20. The third-order valence-corrected chi connectivity index (χ3v) is 4.28. The zero-order valence-electron chi connectivity index (χ0n) is 11.0. The molecule has 0 aliphatic carbocycles. The highest BCUT2D eigenvalue weighted by Gasteiger charge is 2.26. The smallest absolute Gasteiger partial charge is 0.254 e. The summed E-state index contributed by atoms with van der Waals surface area (Å²) in [5, 5.41) is 3.34. The Bertz CT molecular complexity index is 730. The van der Waals surface area contributed by atoms with Crippen LogP contribution in [0.1, 0.15) is 12.5 Å². The molecule has 0 fully saturated rings. The summed E-state index contributed by atoms with van der Waals surface area (Å²) in [5.74, 6) is 0.0749. The topological polar surface area (TPSA) is 64.0 Å². The van der Waals surface area contributed by atoms with Crippen LogP contribution in [-0.4, -0.2) is 21.2 Å². The van der Waals surface area contributed by atoms with Crippen LogP contribution in [-0.2, 0) is 4.79 Å². The van der Waals surface area contributed by atoms with Gasteiger partial charge < -0.3 is 5.32 Å². The van der Waals surface area contributed by atoms with E-state index in [1.807, 2.05) is 0 Å². The Morgan fingerprint density at radius 1 is 1.38 bits per heavy atom. The predicted octanol–water partition coefficient (Wildman–Crippen LogP) is 2.06. The number of hydrogen-bond donors (Lipinski definition) is 1. The van der Waals surface area contributed by atoms with Crippen LogP contribution in [0.3, 0.4) is 0 Å². The molecule has 3 rings (SSSR count). The highest BCUT2D eigenvalue weighted by molar-refractivity contribution is 7.99. The minimum atomic E-state index is -0.355. The molecule has 1 aliphatic rings. The molecule has 108 valence electrons. The van der Waals surface area contributed by atoms with Crippen LogP contribution in [0, 0.1) is 5.82 Å². The largest absolute Gasteiger partial charge is 0.326 e. The number of carbonyl (C=O) groups is 1. The maximum absolute atomic E-state index is 12.8. The fraction of sp³-hybridized carbons (Fsp3) is 0.214. The SMILES string of the molecule is O=C(CC1CSc2nccc(=O)n21)Nc1ccc(F)cc1. The molecule has 5 nitrogen and oxygen atoms in total. The van der Waals surface area contributed by atoms with E-state index >= 15 is 0 Å². The number of halogens is 1. The number of nitrogens with zero attached hydrogens (tertiary/aromatic N) is 2. The zero-order chi connectivity index (χ0) is 14.8. The summed E-state index contributed by atoms with van der Waals surface area (Å²) >= 11 is 1.46. The van der Waals surface area contributed by atoms with Gasteiger partial charge in [0.15, 0.2) is 5.16 Å². The first-order valence-corrected chi connectivity index (χ1v) is 7.38. The average molecular weight is 305 g/mol. The van der Waals surface area contributed by atoms with Crippen LogP contribution < -0.4 is 10.9 Å². The number of fused-ring (bicyclic) bond motifs is 1. The van der Waals surface area contributed by atoms with Crippen molar-refractivity contribution in [1.82, 2.24) is 9.55 Å². The van der Waals surface area contributed by atoms with Gasteiger partial charge in [0.25, 0.3) is 5.56 Å². The minimum absolute atomic E-state index is 0.149. The summed E-state index contributed by atoms with van der Waals surface area (Å²) in [4.78, 5) is 28.0. The van der Waals surface area contributed by atoms with Crippen LogP contribution in [0.5, 0.6) is 0 Å². The van der Waals surface area contributed by atoms with Crippen LogP contribution >= 0.6 is 11.8 Å². The molecule has 7 heteroatoms. The number of rotatable bonds is 3. The average Bonchev–Trinajstić information content (AvgIpc) is 2.86. The maximum atomic E-state index is 12.8. The summed E-state index contributed by atoms with van der Waals surface area (Å²) in [6.07, 6.45) is 1.66. The van der Waals surface area contributed by atoms with E-state index < -0.39 is 0 Å². The van der Waals surface area contributed by atoms with Crippen molar-refractivity contribution < 1.29 is 9.18 Å². The predicted molar refractivity (Wildman–Crippen MR) is 77.9 cm³/mol. The minimum Gasteiger partial charge on any atom is -0.326 e. The molecule has 0 saturated carbocycles. The first-order chi connectivity index (χ1) is 10.1. The summed E-state index contributed by atoms with van der Waals surface area (Å²) in [7, 11) is 0. The van der Waals surface area contributed by atoms with Crippen molar-refractivity contribution >= 4 is 23.4 Å². The second-order valence-corrected chi connectivity index (χ2v) is 5.65. The van der Waals surface area contributed by atoms with Gasteiger partial charge >= 0.3 is 0 Å². The van der Waals surface area contributed by atoms with Crippen molar-refractivity contribution in [1.29, 1.82) is 0 Å². The Hall–Kier alpha value is -2.15. The zero-order valence-corrected chi connectivity index (χ0v) is 11.8. The van der Waals surface area contributed by atoms with Crippen LogP contribution in [0.2, 0.25) is 0 Å². The molecule has 1 N–H and O–H groups in total. The third kappa shape index (κ3) is 2.97. The highest BCUT2D eigenvalue weighted by Crippen LogP contribution is 2.31. The van der Waals surface area contributed by atoms with E-state index in [4.69, 9.17) is 0 Å². The Balaban J connectivity index is 1.70. The van der Waals surface area contributed by atoms with Gasteiger partial charge in [-0.3, -0.25) is 14.2 Å². The van der Waals surface area contributed by atoms with E-state index in [2.05, 4.69) is 10.3 Å². The number of hydrogen-bond acceptors (Lipinski definition) is 4. The van der Waals surface area contributed by atoms with Gasteiger partial charge in [-0.15, -0.1) is 0 Å². The molecule has 1 amide bonds. The molecule has 0 bridgehead atoms. The molecule has 2 heterocycles. The number of thioether (sulfide) groups is 1. The van der Waals surface area contributed by atoms with Gasteiger partial charge in [-0.2, -0.15) is 0 Å². The molecule has 1 atom stereocenters. The van der Waals surface area contributed by atoms with Gasteiger partial charge in [-0.1, -0.05) is 11.8 Å². The van der Waals surface area contributed by atoms with Crippen LogP contribution in [0.4, 0.5) is 10.1 Å². The summed E-state index contributed by atoms with van der Waals surface area (Å²) in [6.45, 7) is 0. The van der Waals surface area contributed by atoms with Gasteiger partial charge in [-0.25, -0.2) is 9.37 Å². The van der Waals surface area contributed by atoms with Crippen LogP contribution in [0.15, 0.2) is 46.5 Å². The molecule has 1 aromatic heterocycles. The second kappa shape index (κ2) is 5.69.